The molecule has 0 aromatic heterocycles. The summed E-state index contributed by atoms with van der Waals surface area (Å²) in [5, 5.41) is 174. The van der Waals surface area contributed by atoms with E-state index in [-0.39, 0.29) is 12.3 Å². The van der Waals surface area contributed by atoms with Gasteiger partial charge < -0.3 is 145 Å². The molecule has 1 unspecified atom stereocenters. The SMILES string of the molecule is CCCCCCCCCCCCCC=C[C@H](O)[C@H](CO[C@@H]1O[C@H](CO)[C@@H](O[C@@H]2O[C@H](CO)[C@H](O[C@@H]3O[C@H](CO)[C@H](O)[C@H](O[C@@H]4O[C@H](CO)[C@H](O)[C@H](O)[C@H]4O)[C@H]3NC(C)=O)[C@@H]3O[C@@]4(C[C@@H](O)[C@H](NC(C)=O)C([C@@H](O)[C@@H](O)CO)O4)C(=O)O[C@@H]23)[C@H](O)[C@H]1O)NC(=O)CCCCCCCCCCCCCCCCC. The van der Waals surface area contributed by atoms with E-state index in [0.717, 1.165) is 65.2 Å². The highest BCUT2D eigenvalue weighted by Crippen LogP contribution is 2.45. The number of aliphatic hydroxyl groups is 15. The minimum atomic E-state index is -2.91. The molecular weight excluding hydrogens is 1400 g/mol. The van der Waals surface area contributed by atoms with E-state index in [9.17, 15) is 95.8 Å². The van der Waals surface area contributed by atoms with Gasteiger partial charge in [0.15, 0.2) is 31.3 Å². The van der Waals surface area contributed by atoms with Crippen molar-refractivity contribution in [3.63, 3.8) is 0 Å². The number of amides is 3. The zero-order valence-electron chi connectivity index (χ0n) is 62.3. The lowest BCUT2D eigenvalue weighted by atomic mass is 9.87. The molecule has 6 fully saturated rings. The van der Waals surface area contributed by atoms with Crippen LogP contribution in [0.2, 0.25) is 0 Å². The van der Waals surface area contributed by atoms with Crippen LogP contribution in [-0.2, 0) is 71.3 Å². The second kappa shape index (κ2) is 47.9. The van der Waals surface area contributed by atoms with Gasteiger partial charge >= 0.3 is 5.97 Å². The Bertz CT molecular complexity index is 2520. The van der Waals surface area contributed by atoms with Gasteiger partial charge in [-0.15, -0.1) is 0 Å². The number of fused-ring (bicyclic) bond motifs is 1. The fourth-order valence-electron chi connectivity index (χ4n) is 14.6. The fraction of sp³-hybridized carbons (Fsp3) is 0.918. The van der Waals surface area contributed by atoms with Crippen molar-refractivity contribution in [2.75, 3.05) is 39.6 Å². The van der Waals surface area contributed by atoms with Crippen molar-refractivity contribution in [2.24, 2.45) is 0 Å². The Hall–Kier alpha value is -3.38. The molecule has 0 saturated carbocycles. The first-order valence-corrected chi connectivity index (χ1v) is 39.0. The van der Waals surface area contributed by atoms with E-state index >= 15 is 0 Å². The van der Waals surface area contributed by atoms with Crippen LogP contribution in [0, 0.1) is 0 Å². The van der Waals surface area contributed by atoms with E-state index in [0.29, 0.717) is 12.8 Å². The molecule has 1 spiro atoms. The molecule has 616 valence electrons. The second-order valence-corrected chi connectivity index (χ2v) is 29.4. The Labute approximate surface area is 622 Å². The van der Waals surface area contributed by atoms with Crippen LogP contribution in [0.1, 0.15) is 214 Å². The monoisotopic (exact) mass is 1530 g/mol. The minimum absolute atomic E-state index is 0.157. The van der Waals surface area contributed by atoms with Crippen LogP contribution >= 0.6 is 0 Å². The number of rotatable bonds is 49. The van der Waals surface area contributed by atoms with E-state index in [1.807, 2.05) is 6.08 Å². The molecule has 0 aromatic carbocycles. The van der Waals surface area contributed by atoms with Crippen LogP contribution in [-0.4, -0.2) is 311 Å². The zero-order chi connectivity index (χ0) is 77.5. The summed E-state index contributed by atoms with van der Waals surface area (Å²) in [6.07, 6.45) is -12.7. The number of carbonyl (C=O) groups excluding carboxylic acids is 4. The van der Waals surface area contributed by atoms with Crippen molar-refractivity contribution >= 4 is 23.7 Å². The minimum Gasteiger partial charge on any atom is -0.450 e. The lowest BCUT2D eigenvalue weighted by molar-refractivity contribution is -0.421. The lowest BCUT2D eigenvalue weighted by Crippen LogP contribution is -2.75. The molecule has 6 aliphatic rings. The summed E-state index contributed by atoms with van der Waals surface area (Å²) in [5.74, 6) is -6.43. The maximum absolute atomic E-state index is 14.8. The number of hydrogen-bond donors (Lipinski definition) is 18. The summed E-state index contributed by atoms with van der Waals surface area (Å²) in [4.78, 5) is 54.0. The summed E-state index contributed by atoms with van der Waals surface area (Å²) in [6, 6.07) is -4.52. The van der Waals surface area contributed by atoms with Crippen molar-refractivity contribution in [2.45, 2.75) is 385 Å². The van der Waals surface area contributed by atoms with Gasteiger partial charge in [0, 0.05) is 26.7 Å². The Morgan fingerprint density at radius 1 is 0.509 bits per heavy atom. The first-order valence-electron chi connectivity index (χ1n) is 39.0. The standard InChI is InChI=1S/C73H129N3O30/c1-5-7-9-11-13-15-17-19-20-22-24-26-28-30-32-34-52(87)76-44(45(84)33-31-29-27-25-23-21-18-16-14-12-10-8-6-2)41-96-69-61(94)59(92)62(50(39-80)99-69)101-71-67-66(106-73(72(95)104-67)35-46(85)53(74-42(3)82)65(105-73)55(88)47(86)36-77)63(51(40-81)100-71)102-68-54(75-43(4)83)64(57(90)49(38-79)97-68)103-70-60(93)58(91)56(89)48(37-78)98-70/h31,33,44-51,53-71,77-81,84-86,88-94H,5-30,32,34-41H2,1-4H3,(H,74,82)(H,75,83)(H,76,87)/t44-,45-,46+,47-,48+,49+,50+,51+,53-,54+,55-,56-,57-,58-,59+,60+,61+,62+,63-,64+,65?,66-,67+,68-,69+,70-,71-,73-/m0/s1. The van der Waals surface area contributed by atoms with Gasteiger partial charge in [0.05, 0.1) is 63.9 Å². The van der Waals surface area contributed by atoms with E-state index < -0.39 is 235 Å². The Balaban J connectivity index is 1.21. The number of ether oxygens (including phenoxy) is 11. The molecule has 18 N–H and O–H groups in total. The first-order chi connectivity index (χ1) is 50.9. The fourth-order valence-corrected chi connectivity index (χ4v) is 14.6. The largest absolute Gasteiger partial charge is 0.450 e. The maximum Gasteiger partial charge on any atom is 0.367 e. The third-order valence-electron chi connectivity index (χ3n) is 20.8. The molecule has 6 heterocycles. The molecule has 28 atom stereocenters. The second-order valence-electron chi connectivity index (χ2n) is 29.4. The third kappa shape index (κ3) is 26.9. The van der Waals surface area contributed by atoms with Crippen LogP contribution in [0.15, 0.2) is 12.2 Å². The predicted octanol–water partition coefficient (Wildman–Crippen LogP) is -0.562. The number of nitrogens with one attached hydrogen (secondary N) is 3. The number of aliphatic hydroxyl groups excluding tert-OH is 15. The highest BCUT2D eigenvalue weighted by molar-refractivity contribution is 5.80. The van der Waals surface area contributed by atoms with Gasteiger partial charge in [-0.1, -0.05) is 180 Å². The van der Waals surface area contributed by atoms with Crippen molar-refractivity contribution in [1.82, 2.24) is 16.0 Å². The van der Waals surface area contributed by atoms with Crippen LogP contribution in [0.3, 0.4) is 0 Å². The molecule has 6 saturated heterocycles. The average Bonchev–Trinajstić information content (AvgIpc) is 0.724. The van der Waals surface area contributed by atoms with Gasteiger partial charge in [-0.25, -0.2) is 4.79 Å². The van der Waals surface area contributed by atoms with Gasteiger partial charge in [0.1, 0.15) is 110 Å². The molecule has 3 amide bonds. The normalized spacial score (nSPS) is 35.3. The van der Waals surface area contributed by atoms with Crippen molar-refractivity contribution in [3.8, 4) is 0 Å². The highest BCUT2D eigenvalue weighted by atomic mass is 16.8. The summed E-state index contributed by atoms with van der Waals surface area (Å²) in [6.45, 7) is 0.876. The number of unbranched alkanes of at least 4 members (excludes halogenated alkanes) is 25. The molecule has 106 heavy (non-hydrogen) atoms. The Kier molecular flexibility index (Phi) is 41.3. The van der Waals surface area contributed by atoms with Gasteiger partial charge in [-0.3, -0.25) is 14.4 Å². The summed E-state index contributed by atoms with van der Waals surface area (Å²) < 4.78 is 67.4. The van der Waals surface area contributed by atoms with Crippen LogP contribution in [0.4, 0.5) is 0 Å². The van der Waals surface area contributed by atoms with Crippen LogP contribution in [0.25, 0.3) is 0 Å². The lowest BCUT2D eigenvalue weighted by Gasteiger charge is -2.56. The molecule has 0 radical (unpaired) electrons. The third-order valence-corrected chi connectivity index (χ3v) is 20.8. The Morgan fingerprint density at radius 2 is 0.972 bits per heavy atom. The molecule has 33 nitrogen and oxygen atoms in total. The first kappa shape index (κ1) is 91.5. The molecule has 6 rings (SSSR count). The van der Waals surface area contributed by atoms with Crippen molar-refractivity contribution < 1.29 is 148 Å². The quantitative estimate of drug-likeness (QED) is 0.0206. The molecule has 6 aliphatic heterocycles. The van der Waals surface area contributed by atoms with Crippen molar-refractivity contribution in [3.05, 3.63) is 12.2 Å². The molecule has 0 bridgehead atoms. The van der Waals surface area contributed by atoms with Crippen LogP contribution in [0.5, 0.6) is 0 Å². The van der Waals surface area contributed by atoms with E-state index in [2.05, 4.69) is 29.8 Å². The topological polar surface area (TPSA) is 509 Å². The molecule has 33 heteroatoms. The highest BCUT2D eigenvalue weighted by Gasteiger charge is 2.66. The number of allylic oxidation sites excluding steroid dienone is 1. The zero-order valence-corrected chi connectivity index (χ0v) is 62.3. The Morgan fingerprint density at radius 3 is 1.51 bits per heavy atom. The summed E-state index contributed by atoms with van der Waals surface area (Å²) in [7, 11) is 0. The van der Waals surface area contributed by atoms with Gasteiger partial charge in [-0.2, -0.15) is 0 Å². The van der Waals surface area contributed by atoms with E-state index in [1.54, 1.807) is 6.08 Å². The predicted molar refractivity (Wildman–Crippen MR) is 375 cm³/mol. The maximum atomic E-state index is 14.8. The van der Waals surface area contributed by atoms with Crippen LogP contribution < -0.4 is 16.0 Å². The van der Waals surface area contributed by atoms with Gasteiger partial charge in [-0.05, 0) is 19.3 Å². The van der Waals surface area contributed by atoms with Crippen molar-refractivity contribution in [1.29, 1.82) is 0 Å². The van der Waals surface area contributed by atoms with E-state index in [4.69, 9.17) is 52.1 Å². The smallest absolute Gasteiger partial charge is 0.367 e. The number of carbonyl (C=O) groups is 4. The number of hydrogen-bond acceptors (Lipinski definition) is 30. The van der Waals surface area contributed by atoms with Gasteiger partial charge in [0.2, 0.25) is 17.7 Å². The average molecular weight is 1530 g/mol. The number of esters is 1. The molecular formula is C73H129N3O30. The van der Waals surface area contributed by atoms with E-state index in [1.165, 1.54) is 109 Å². The summed E-state index contributed by atoms with van der Waals surface area (Å²) >= 11 is 0. The summed E-state index contributed by atoms with van der Waals surface area (Å²) in [5.41, 5.74) is 0. The van der Waals surface area contributed by atoms with Gasteiger partial charge in [0.25, 0.3) is 5.79 Å². The molecule has 0 aromatic rings. The molecule has 0 aliphatic carbocycles.